The van der Waals surface area contributed by atoms with Crippen molar-refractivity contribution in [2.45, 2.75) is 6.04 Å². The third-order valence-corrected chi connectivity index (χ3v) is 13.1. The normalized spacial score (nSPS) is 14.9. The molecule has 3 aliphatic rings. The van der Waals surface area contributed by atoms with Gasteiger partial charge in [0, 0.05) is 50.1 Å². The van der Waals surface area contributed by atoms with Crippen molar-refractivity contribution < 1.29 is 0 Å². The van der Waals surface area contributed by atoms with E-state index < -0.39 is 0 Å². The van der Waals surface area contributed by atoms with E-state index in [0.717, 1.165) is 17.1 Å². The molecule has 2 nitrogen and oxygen atoms in total. The summed E-state index contributed by atoms with van der Waals surface area (Å²) >= 11 is 1.89. The zero-order chi connectivity index (χ0) is 37.5. The lowest BCUT2D eigenvalue weighted by Crippen LogP contribution is -2.44. The standard InChI is InChI=1S/C54H35N2S/c1-3-16-36(17-4-1)55-49-27-12-13-28-50(49)56(37-18-5-2-6-19-37)52-34-48-46-32-35(38-25-15-26-45-44-24-11-14-29-53(44)57-54(38)45)30-31-43(46)41-22-8-7-20-39(41)40-21-9-10-23-42(40)47(48)33-51(52)55/h1-34,50H/q+1. The fraction of sp³-hybridized carbons (Fsp3) is 0.0185. The van der Waals surface area contributed by atoms with E-state index in [1.807, 2.05) is 11.3 Å². The first-order valence-corrected chi connectivity index (χ1v) is 20.5. The Kier molecular flexibility index (Phi) is 7.20. The van der Waals surface area contributed by atoms with Crippen LogP contribution in [0.1, 0.15) is 0 Å². The quantitative estimate of drug-likeness (QED) is 0.163. The summed E-state index contributed by atoms with van der Waals surface area (Å²) in [5.41, 5.74) is 8.36. The Balaban J connectivity index is 1.31. The molecule has 8 aromatic carbocycles. The van der Waals surface area contributed by atoms with E-state index >= 15 is 0 Å². The van der Waals surface area contributed by atoms with Crippen molar-refractivity contribution in [2.75, 3.05) is 4.90 Å². The molecule has 0 N–H and O–H groups in total. The lowest BCUT2D eigenvalue weighted by molar-refractivity contribution is 0.894. The second-order valence-corrected chi connectivity index (χ2v) is 16.1. The maximum atomic E-state index is 2.53. The molecule has 2 heterocycles. The van der Waals surface area contributed by atoms with Crippen LogP contribution in [0, 0.1) is 41.7 Å². The van der Waals surface area contributed by atoms with Gasteiger partial charge in [-0.25, -0.2) is 0 Å². The van der Waals surface area contributed by atoms with E-state index in [2.05, 4.69) is 216 Å². The van der Waals surface area contributed by atoms with Crippen LogP contribution in [-0.2, 0) is 0 Å². The zero-order valence-corrected chi connectivity index (χ0v) is 31.8. The van der Waals surface area contributed by atoms with Gasteiger partial charge in [-0.2, -0.15) is 4.58 Å². The Morgan fingerprint density at radius 3 is 1.86 bits per heavy atom. The van der Waals surface area contributed by atoms with Crippen molar-refractivity contribution in [3.63, 3.8) is 0 Å². The average Bonchev–Trinajstić information content (AvgIpc) is 3.67. The lowest BCUT2D eigenvalue weighted by atomic mass is 9.94. The van der Waals surface area contributed by atoms with Gasteiger partial charge in [0.15, 0.2) is 0 Å². The maximum Gasteiger partial charge on any atom is 0.235 e. The minimum atomic E-state index is 0.00101. The smallest absolute Gasteiger partial charge is 0.235 e. The van der Waals surface area contributed by atoms with E-state index in [9.17, 15) is 0 Å². The van der Waals surface area contributed by atoms with E-state index in [1.165, 1.54) is 84.4 Å². The number of rotatable bonds is 3. The van der Waals surface area contributed by atoms with Crippen molar-refractivity contribution in [1.29, 1.82) is 0 Å². The van der Waals surface area contributed by atoms with Crippen molar-refractivity contribution in [1.82, 2.24) is 4.58 Å². The highest BCUT2D eigenvalue weighted by Gasteiger charge is 2.40. The number of hydrogen-bond donors (Lipinski definition) is 0. The highest BCUT2D eigenvalue weighted by atomic mass is 32.1. The van der Waals surface area contributed by atoms with Crippen LogP contribution in [0.2, 0.25) is 0 Å². The number of benzene rings is 8. The summed E-state index contributed by atoms with van der Waals surface area (Å²) in [5.74, 6) is 0. The first kappa shape index (κ1) is 32.2. The van der Waals surface area contributed by atoms with Crippen LogP contribution in [0.4, 0.5) is 22.7 Å². The molecule has 0 fully saturated rings. The molecule has 0 saturated heterocycles. The fourth-order valence-electron chi connectivity index (χ4n) is 9.43. The number of para-hydroxylation sites is 2. The second-order valence-electron chi connectivity index (χ2n) is 15.0. The van der Waals surface area contributed by atoms with Crippen LogP contribution >= 0.6 is 11.3 Å². The van der Waals surface area contributed by atoms with E-state index in [4.69, 9.17) is 0 Å². The molecule has 57 heavy (non-hydrogen) atoms. The van der Waals surface area contributed by atoms with Crippen LogP contribution in [-0.4, -0.2) is 11.8 Å². The first-order valence-electron chi connectivity index (χ1n) is 19.6. The Hall–Kier alpha value is -7.07. The molecule has 2 aliphatic carbocycles. The van der Waals surface area contributed by atoms with Gasteiger partial charge in [-0.3, -0.25) is 0 Å². The van der Waals surface area contributed by atoms with Gasteiger partial charge >= 0.3 is 0 Å². The third-order valence-electron chi connectivity index (χ3n) is 11.9. The minimum Gasteiger partial charge on any atom is -0.319 e. The average molecular weight is 744 g/mol. The van der Waals surface area contributed by atoms with Gasteiger partial charge in [-0.05, 0) is 83.2 Å². The predicted octanol–water partition coefficient (Wildman–Crippen LogP) is 13.1. The highest BCUT2D eigenvalue weighted by molar-refractivity contribution is 7.26. The Labute approximate surface area is 333 Å². The van der Waals surface area contributed by atoms with Crippen LogP contribution in [0.3, 0.4) is 0 Å². The van der Waals surface area contributed by atoms with Crippen molar-refractivity contribution >= 4 is 60.0 Å². The van der Waals surface area contributed by atoms with Crippen molar-refractivity contribution in [3.05, 3.63) is 248 Å². The molecule has 9 aromatic rings. The molecule has 1 unspecified atom stereocenters. The molecule has 0 radical (unpaired) electrons. The molecule has 3 heteroatoms. The van der Waals surface area contributed by atoms with Gasteiger partial charge in [-0.1, -0.05) is 152 Å². The fourth-order valence-corrected chi connectivity index (χ4v) is 10.7. The van der Waals surface area contributed by atoms with Crippen molar-refractivity contribution in [2.24, 2.45) is 0 Å². The second kappa shape index (κ2) is 12.7. The molecule has 1 aromatic heterocycles. The summed E-state index contributed by atoms with van der Waals surface area (Å²) in [6, 6.07) is 67.4. The zero-order valence-electron chi connectivity index (χ0n) is 31.0. The highest BCUT2D eigenvalue weighted by Crippen LogP contribution is 2.44. The van der Waals surface area contributed by atoms with Crippen molar-refractivity contribution in [3.8, 4) is 11.1 Å². The predicted molar refractivity (Wildman–Crippen MR) is 238 cm³/mol. The van der Waals surface area contributed by atoms with Gasteiger partial charge in [0.05, 0.1) is 0 Å². The molecule has 0 bridgehead atoms. The molecule has 1 aliphatic heterocycles. The molecule has 0 spiro atoms. The largest absolute Gasteiger partial charge is 0.319 e. The molecule has 0 saturated carbocycles. The Morgan fingerprint density at radius 1 is 0.474 bits per heavy atom. The first-order chi connectivity index (χ1) is 28.3. The summed E-state index contributed by atoms with van der Waals surface area (Å²) in [5, 5.41) is 12.5. The molecule has 1 atom stereocenters. The summed E-state index contributed by atoms with van der Waals surface area (Å²) in [6.07, 6.45) is 8.98. The van der Waals surface area contributed by atoms with Gasteiger partial charge < -0.3 is 4.90 Å². The SMILES string of the molecule is C1=CC2=[N+](c3ccccc3)c3cc4c(cc3N(c3ccccc3)C2C=C1)=c1cc(-c2cccc3c2sc2ccccc23)ccc1=c1ccccc1=c1ccccc1=4. The van der Waals surface area contributed by atoms with E-state index in [0.29, 0.717) is 0 Å². The maximum absolute atomic E-state index is 2.53. The third kappa shape index (κ3) is 4.92. The van der Waals surface area contributed by atoms with Gasteiger partial charge in [0.25, 0.3) is 0 Å². The number of anilines is 2. The van der Waals surface area contributed by atoms with Crippen LogP contribution in [0.5, 0.6) is 0 Å². The topological polar surface area (TPSA) is 6.25 Å². The monoisotopic (exact) mass is 743 g/mol. The number of fused-ring (bicyclic) bond motifs is 9. The summed E-state index contributed by atoms with van der Waals surface area (Å²) in [4.78, 5) is 2.53. The molecule has 0 amide bonds. The van der Waals surface area contributed by atoms with Gasteiger partial charge in [0.2, 0.25) is 17.1 Å². The van der Waals surface area contributed by atoms with Gasteiger partial charge in [-0.15, -0.1) is 11.3 Å². The number of hydrogen-bond acceptors (Lipinski definition) is 2. The molecule has 266 valence electrons. The summed E-state index contributed by atoms with van der Waals surface area (Å²) < 4.78 is 5.13. The number of nitrogens with zero attached hydrogens (tertiary/aromatic N) is 2. The van der Waals surface area contributed by atoms with Crippen LogP contribution < -0.4 is 9.48 Å². The Morgan fingerprint density at radius 2 is 1.09 bits per heavy atom. The Bertz CT molecular complexity index is 3640. The molecular formula is C54H35N2S+. The number of allylic oxidation sites excluding steroid dienone is 2. The van der Waals surface area contributed by atoms with E-state index in [1.54, 1.807) is 0 Å². The van der Waals surface area contributed by atoms with Crippen LogP contribution in [0.25, 0.3) is 31.3 Å². The minimum absolute atomic E-state index is 0.00101. The summed E-state index contributed by atoms with van der Waals surface area (Å²) in [7, 11) is 0. The molecule has 12 rings (SSSR count). The number of thiophene rings is 1. The summed E-state index contributed by atoms with van der Waals surface area (Å²) in [6.45, 7) is 0. The van der Waals surface area contributed by atoms with E-state index in [-0.39, 0.29) is 6.04 Å². The lowest BCUT2D eigenvalue weighted by Gasteiger charge is -2.35. The molecular weight excluding hydrogens is 709 g/mol. The van der Waals surface area contributed by atoms with Crippen LogP contribution in [0.15, 0.2) is 206 Å². The van der Waals surface area contributed by atoms with Gasteiger partial charge in [0.1, 0.15) is 11.7 Å².